The molecule has 0 bridgehead atoms. The fourth-order valence-corrected chi connectivity index (χ4v) is 2.57. The van der Waals surface area contributed by atoms with Crippen molar-refractivity contribution in [3.8, 4) is 0 Å². The third-order valence-corrected chi connectivity index (χ3v) is 3.11. The topological polar surface area (TPSA) is 50.2 Å². The Balaban J connectivity index is 3.39. The highest BCUT2D eigenvalue weighted by atomic mass is 127. The number of carbonyl (C=O) groups is 1. The summed E-state index contributed by atoms with van der Waals surface area (Å²) >= 11 is 4.95. The maximum Gasteiger partial charge on any atom is 0.355 e. The van der Waals surface area contributed by atoms with Crippen LogP contribution in [0.25, 0.3) is 0 Å². The van der Waals surface area contributed by atoms with Gasteiger partial charge in [-0.15, -0.1) is 0 Å². The normalized spacial score (nSPS) is 10.7. The van der Waals surface area contributed by atoms with Crippen molar-refractivity contribution in [2.45, 2.75) is 11.8 Å². The summed E-state index contributed by atoms with van der Waals surface area (Å²) in [5, 5.41) is 9.04. The summed E-state index contributed by atoms with van der Waals surface area (Å²) in [4.78, 5) is 14.4. The molecule has 0 aliphatic carbocycles. The molecule has 0 unspecified atom stereocenters. The molecule has 15 heavy (non-hydrogen) atoms. The SMILES string of the molecule is O=C(O)c1nc(CBr)c(I)cc1C(F)F. The molecule has 1 rings (SSSR count). The zero-order chi connectivity index (χ0) is 11.6. The quantitative estimate of drug-likeness (QED) is 0.635. The minimum Gasteiger partial charge on any atom is -0.476 e. The molecule has 0 aliphatic heterocycles. The minimum atomic E-state index is -2.83. The lowest BCUT2D eigenvalue weighted by Gasteiger charge is -2.07. The van der Waals surface area contributed by atoms with E-state index in [1.165, 1.54) is 0 Å². The third kappa shape index (κ3) is 2.83. The zero-order valence-electron chi connectivity index (χ0n) is 7.18. The molecule has 0 radical (unpaired) electrons. The maximum atomic E-state index is 12.5. The molecule has 7 heteroatoms. The number of carboxylic acid groups (broad SMARTS) is 1. The second kappa shape index (κ2) is 5.15. The van der Waals surface area contributed by atoms with Gasteiger partial charge < -0.3 is 5.11 Å². The highest BCUT2D eigenvalue weighted by molar-refractivity contribution is 14.1. The van der Waals surface area contributed by atoms with Gasteiger partial charge in [0.05, 0.1) is 11.3 Å². The molecule has 0 spiro atoms. The van der Waals surface area contributed by atoms with Crippen LogP contribution in [-0.2, 0) is 5.33 Å². The first-order valence-electron chi connectivity index (χ1n) is 3.74. The van der Waals surface area contributed by atoms with Gasteiger partial charge in [0, 0.05) is 8.90 Å². The van der Waals surface area contributed by atoms with Crippen molar-refractivity contribution in [1.82, 2.24) is 4.98 Å². The molecule has 3 nitrogen and oxygen atoms in total. The number of rotatable bonds is 3. The summed E-state index contributed by atoms with van der Waals surface area (Å²) in [6, 6.07) is 1.15. The predicted molar refractivity (Wildman–Crippen MR) is 61.5 cm³/mol. The number of nitrogens with zero attached hydrogens (tertiary/aromatic N) is 1. The van der Waals surface area contributed by atoms with Crippen molar-refractivity contribution >= 4 is 44.5 Å². The molecule has 0 aliphatic rings. The van der Waals surface area contributed by atoms with Crippen LogP contribution in [0, 0.1) is 3.57 Å². The maximum absolute atomic E-state index is 12.5. The number of aromatic carboxylic acids is 1. The van der Waals surface area contributed by atoms with Crippen molar-refractivity contribution < 1.29 is 18.7 Å². The van der Waals surface area contributed by atoms with Gasteiger partial charge in [0.2, 0.25) is 0 Å². The van der Waals surface area contributed by atoms with Crippen molar-refractivity contribution in [1.29, 1.82) is 0 Å². The van der Waals surface area contributed by atoms with Gasteiger partial charge in [-0.05, 0) is 28.7 Å². The van der Waals surface area contributed by atoms with Crippen LogP contribution < -0.4 is 0 Å². The van der Waals surface area contributed by atoms with Gasteiger partial charge in [-0.2, -0.15) is 0 Å². The zero-order valence-corrected chi connectivity index (χ0v) is 10.9. The summed E-state index contributed by atoms with van der Waals surface area (Å²) in [6.07, 6.45) is -2.83. The highest BCUT2D eigenvalue weighted by Gasteiger charge is 2.21. The summed E-state index contributed by atoms with van der Waals surface area (Å²) in [5.41, 5.74) is -0.686. The van der Waals surface area contributed by atoms with Crippen LogP contribution in [0.3, 0.4) is 0 Å². The molecule has 0 saturated heterocycles. The molecule has 0 fully saturated rings. The fraction of sp³-hybridized carbons (Fsp3) is 0.250. The average molecular weight is 392 g/mol. The van der Waals surface area contributed by atoms with Gasteiger partial charge in [0.1, 0.15) is 0 Å². The van der Waals surface area contributed by atoms with Gasteiger partial charge in [-0.3, -0.25) is 0 Å². The Labute approximate surface area is 106 Å². The smallest absolute Gasteiger partial charge is 0.355 e. The Morgan fingerprint density at radius 1 is 1.67 bits per heavy atom. The third-order valence-electron chi connectivity index (χ3n) is 1.64. The van der Waals surface area contributed by atoms with Crippen LogP contribution >= 0.6 is 38.5 Å². The van der Waals surface area contributed by atoms with Gasteiger partial charge in [0.25, 0.3) is 6.43 Å². The van der Waals surface area contributed by atoms with Crippen LogP contribution in [0.5, 0.6) is 0 Å². The standard InChI is InChI=1S/C8H5BrF2INO2/c9-2-5-4(12)1-3(7(10)11)6(13-5)8(14)15/h1,7H,2H2,(H,14,15). The van der Waals surface area contributed by atoms with E-state index >= 15 is 0 Å². The Morgan fingerprint density at radius 3 is 2.67 bits per heavy atom. The second-order valence-electron chi connectivity index (χ2n) is 2.59. The molecule has 0 atom stereocenters. The lowest BCUT2D eigenvalue weighted by molar-refractivity contribution is 0.0676. The fourth-order valence-electron chi connectivity index (χ4n) is 0.972. The van der Waals surface area contributed by atoms with E-state index in [9.17, 15) is 13.6 Å². The minimum absolute atomic E-state index is 0.328. The van der Waals surface area contributed by atoms with Gasteiger partial charge >= 0.3 is 5.97 Å². The first kappa shape index (κ1) is 12.8. The van der Waals surface area contributed by atoms with Crippen molar-refractivity contribution in [3.63, 3.8) is 0 Å². The molecule has 1 heterocycles. The number of alkyl halides is 3. The van der Waals surface area contributed by atoms with Crippen molar-refractivity contribution in [2.24, 2.45) is 0 Å². The number of carboxylic acids is 1. The Morgan fingerprint density at radius 2 is 2.27 bits per heavy atom. The molecule has 1 aromatic heterocycles. The molecular weight excluding hydrogens is 387 g/mol. The van der Waals surface area contributed by atoms with E-state index in [1.807, 2.05) is 22.6 Å². The number of pyridine rings is 1. The van der Waals surface area contributed by atoms with Crippen LogP contribution in [0.2, 0.25) is 0 Å². The molecule has 0 amide bonds. The molecule has 0 saturated carbocycles. The van der Waals surface area contributed by atoms with E-state index in [4.69, 9.17) is 5.11 Å². The number of hydrogen-bond acceptors (Lipinski definition) is 2. The summed E-state index contributed by atoms with van der Waals surface area (Å²) in [7, 11) is 0. The molecule has 1 N–H and O–H groups in total. The van der Waals surface area contributed by atoms with E-state index in [0.29, 0.717) is 14.6 Å². The van der Waals surface area contributed by atoms with Crippen LogP contribution in [0.4, 0.5) is 8.78 Å². The lowest BCUT2D eigenvalue weighted by Crippen LogP contribution is -2.09. The van der Waals surface area contributed by atoms with E-state index < -0.39 is 23.7 Å². The van der Waals surface area contributed by atoms with Crippen molar-refractivity contribution in [2.75, 3.05) is 0 Å². The van der Waals surface area contributed by atoms with Crippen molar-refractivity contribution in [3.05, 3.63) is 26.6 Å². The van der Waals surface area contributed by atoms with Gasteiger partial charge in [-0.25, -0.2) is 18.6 Å². The number of halogens is 4. The van der Waals surface area contributed by atoms with Gasteiger partial charge in [0.15, 0.2) is 5.69 Å². The monoisotopic (exact) mass is 391 g/mol. The number of aromatic nitrogens is 1. The van der Waals surface area contributed by atoms with Crippen LogP contribution in [0.1, 0.15) is 28.2 Å². The highest BCUT2D eigenvalue weighted by Crippen LogP contribution is 2.26. The molecule has 1 aromatic rings. The Hall–Kier alpha value is -0.310. The first-order chi connectivity index (χ1) is 6.97. The average Bonchev–Trinajstić information content (AvgIpc) is 2.16. The van der Waals surface area contributed by atoms with E-state index in [0.717, 1.165) is 6.07 Å². The molecule has 82 valence electrons. The summed E-state index contributed by atoms with van der Waals surface area (Å²) < 4.78 is 25.5. The van der Waals surface area contributed by atoms with E-state index in [-0.39, 0.29) is 0 Å². The van der Waals surface area contributed by atoms with Crippen LogP contribution in [0.15, 0.2) is 6.07 Å². The molecular formula is C8H5BrF2INO2. The van der Waals surface area contributed by atoms with E-state index in [2.05, 4.69) is 20.9 Å². The predicted octanol–water partition coefficient (Wildman–Crippen LogP) is 3.22. The summed E-state index contributed by atoms with van der Waals surface area (Å²) in [6.45, 7) is 0. The lowest BCUT2D eigenvalue weighted by atomic mass is 10.2. The molecule has 0 aromatic carbocycles. The Kier molecular flexibility index (Phi) is 4.38. The van der Waals surface area contributed by atoms with Crippen LogP contribution in [-0.4, -0.2) is 16.1 Å². The number of hydrogen-bond donors (Lipinski definition) is 1. The summed E-state index contributed by atoms with van der Waals surface area (Å²) in [5.74, 6) is -1.44. The first-order valence-corrected chi connectivity index (χ1v) is 5.94. The second-order valence-corrected chi connectivity index (χ2v) is 4.32. The Bertz CT molecular complexity index is 400. The van der Waals surface area contributed by atoms with E-state index in [1.54, 1.807) is 0 Å². The van der Waals surface area contributed by atoms with Gasteiger partial charge in [-0.1, -0.05) is 15.9 Å². The largest absolute Gasteiger partial charge is 0.476 e.